The first kappa shape index (κ1) is 19.4. The van der Waals surface area contributed by atoms with Gasteiger partial charge in [-0.2, -0.15) is 4.31 Å². The molecule has 1 aliphatic heterocycles. The standard InChI is InChI=1S/C17H16ClFN2O5S/c1-21(10-17(22)20-11-2-4-14(19)13(18)8-11)27(23,24)12-3-5-15-16(9-12)26-7-6-25-15/h2-5,8-9H,6-7,10H2,1H3,(H,20,22). The van der Waals surface area contributed by atoms with Gasteiger partial charge in [0.15, 0.2) is 11.5 Å². The third-order valence-corrected chi connectivity index (χ3v) is 5.88. The van der Waals surface area contributed by atoms with Crippen LogP contribution in [0.5, 0.6) is 11.5 Å². The molecule has 2 aromatic rings. The van der Waals surface area contributed by atoms with Gasteiger partial charge in [-0.15, -0.1) is 0 Å². The number of carbonyl (C=O) groups excluding carboxylic acids is 1. The van der Waals surface area contributed by atoms with E-state index < -0.39 is 28.3 Å². The number of nitrogens with zero attached hydrogens (tertiary/aromatic N) is 1. The average molecular weight is 415 g/mol. The van der Waals surface area contributed by atoms with E-state index in [1.165, 1.54) is 37.4 Å². The molecule has 144 valence electrons. The number of halogens is 2. The number of ether oxygens (including phenoxy) is 2. The maximum atomic E-state index is 13.2. The van der Waals surface area contributed by atoms with Crippen molar-refractivity contribution in [3.05, 3.63) is 47.2 Å². The molecule has 1 amide bonds. The van der Waals surface area contributed by atoms with Crippen LogP contribution in [0.2, 0.25) is 5.02 Å². The summed E-state index contributed by atoms with van der Waals surface area (Å²) in [6, 6.07) is 7.93. The van der Waals surface area contributed by atoms with Gasteiger partial charge in [0.2, 0.25) is 15.9 Å². The molecule has 0 bridgehead atoms. The third-order valence-electron chi connectivity index (χ3n) is 3.79. The molecule has 1 heterocycles. The van der Waals surface area contributed by atoms with Crippen LogP contribution in [-0.2, 0) is 14.8 Å². The Morgan fingerprint density at radius 2 is 1.89 bits per heavy atom. The van der Waals surface area contributed by atoms with Crippen molar-refractivity contribution in [2.24, 2.45) is 0 Å². The number of carbonyl (C=O) groups is 1. The number of fused-ring (bicyclic) bond motifs is 1. The molecule has 0 aliphatic carbocycles. The Hall–Kier alpha value is -2.36. The normalized spacial score (nSPS) is 13.5. The Bertz CT molecular complexity index is 983. The van der Waals surface area contributed by atoms with E-state index in [0.717, 1.165) is 10.4 Å². The van der Waals surface area contributed by atoms with Crippen molar-refractivity contribution in [3.8, 4) is 11.5 Å². The van der Waals surface area contributed by atoms with E-state index in [-0.39, 0.29) is 15.6 Å². The zero-order valence-electron chi connectivity index (χ0n) is 14.2. The second-order valence-corrected chi connectivity index (χ2v) is 8.20. The topological polar surface area (TPSA) is 84.9 Å². The fourth-order valence-corrected chi connectivity index (χ4v) is 3.75. The van der Waals surface area contributed by atoms with Gasteiger partial charge in [-0.3, -0.25) is 4.79 Å². The van der Waals surface area contributed by atoms with Crippen molar-refractivity contribution in [1.82, 2.24) is 4.31 Å². The van der Waals surface area contributed by atoms with Crippen LogP contribution in [0.3, 0.4) is 0 Å². The van der Waals surface area contributed by atoms with Crippen molar-refractivity contribution in [2.45, 2.75) is 4.90 Å². The van der Waals surface area contributed by atoms with Gasteiger partial charge in [0.1, 0.15) is 19.0 Å². The molecule has 0 aromatic heterocycles. The van der Waals surface area contributed by atoms with E-state index in [4.69, 9.17) is 21.1 Å². The highest BCUT2D eigenvalue weighted by molar-refractivity contribution is 7.89. The molecule has 3 rings (SSSR count). The SMILES string of the molecule is CN(CC(=O)Nc1ccc(F)c(Cl)c1)S(=O)(=O)c1ccc2c(c1)OCCO2. The number of amides is 1. The molecule has 10 heteroatoms. The van der Waals surface area contributed by atoms with Crippen LogP contribution in [0.4, 0.5) is 10.1 Å². The van der Waals surface area contributed by atoms with Crippen LogP contribution in [0.15, 0.2) is 41.3 Å². The van der Waals surface area contributed by atoms with Gasteiger partial charge in [0.25, 0.3) is 0 Å². The van der Waals surface area contributed by atoms with Gasteiger partial charge < -0.3 is 14.8 Å². The van der Waals surface area contributed by atoms with E-state index in [2.05, 4.69) is 5.32 Å². The predicted molar refractivity (Wildman–Crippen MR) is 97.3 cm³/mol. The van der Waals surface area contributed by atoms with Crippen molar-refractivity contribution in [2.75, 3.05) is 32.1 Å². The lowest BCUT2D eigenvalue weighted by molar-refractivity contribution is -0.116. The molecular formula is C17H16ClFN2O5S. The molecule has 0 saturated heterocycles. The molecule has 27 heavy (non-hydrogen) atoms. The molecule has 7 nitrogen and oxygen atoms in total. The third kappa shape index (κ3) is 4.32. The number of sulfonamides is 1. The summed E-state index contributed by atoms with van der Waals surface area (Å²) in [6.45, 7) is 0.285. The summed E-state index contributed by atoms with van der Waals surface area (Å²) < 4.78 is 50.2. The molecule has 0 unspecified atom stereocenters. The van der Waals surface area contributed by atoms with Gasteiger partial charge >= 0.3 is 0 Å². The Kier molecular flexibility index (Phi) is 5.54. The highest BCUT2D eigenvalue weighted by Gasteiger charge is 2.25. The molecule has 0 fully saturated rings. The monoisotopic (exact) mass is 414 g/mol. The van der Waals surface area contributed by atoms with Crippen LogP contribution in [0.25, 0.3) is 0 Å². The minimum absolute atomic E-state index is 0.0214. The van der Waals surface area contributed by atoms with Gasteiger partial charge in [-0.25, -0.2) is 12.8 Å². The summed E-state index contributed by atoms with van der Waals surface area (Å²) in [6.07, 6.45) is 0. The van der Waals surface area contributed by atoms with Gasteiger partial charge in [-0.05, 0) is 30.3 Å². The Balaban J connectivity index is 1.71. The molecule has 0 radical (unpaired) electrons. The molecule has 1 aliphatic rings. The fraction of sp³-hybridized carbons (Fsp3) is 0.235. The summed E-state index contributed by atoms with van der Waals surface area (Å²) in [5.74, 6) is -0.413. The first-order valence-corrected chi connectivity index (χ1v) is 9.70. The van der Waals surface area contributed by atoms with E-state index in [1.807, 2.05) is 0 Å². The average Bonchev–Trinajstić information content (AvgIpc) is 2.64. The fourth-order valence-electron chi connectivity index (χ4n) is 2.43. The highest BCUT2D eigenvalue weighted by atomic mass is 35.5. The number of likely N-dealkylation sites (N-methyl/N-ethyl adjacent to an activating group) is 1. The number of hydrogen-bond acceptors (Lipinski definition) is 5. The van der Waals surface area contributed by atoms with Gasteiger partial charge in [0.05, 0.1) is 16.5 Å². The lowest BCUT2D eigenvalue weighted by atomic mass is 10.3. The zero-order chi connectivity index (χ0) is 19.6. The first-order valence-electron chi connectivity index (χ1n) is 7.88. The van der Waals surface area contributed by atoms with Crippen molar-refractivity contribution in [3.63, 3.8) is 0 Å². The number of rotatable bonds is 5. The van der Waals surface area contributed by atoms with Crippen molar-refractivity contribution in [1.29, 1.82) is 0 Å². The number of nitrogens with one attached hydrogen (secondary N) is 1. The van der Waals surface area contributed by atoms with Crippen LogP contribution < -0.4 is 14.8 Å². The lowest BCUT2D eigenvalue weighted by Crippen LogP contribution is -2.35. The molecule has 0 saturated carbocycles. The van der Waals surface area contributed by atoms with E-state index in [0.29, 0.717) is 24.7 Å². The maximum Gasteiger partial charge on any atom is 0.243 e. The van der Waals surface area contributed by atoms with E-state index in [9.17, 15) is 17.6 Å². The largest absolute Gasteiger partial charge is 0.486 e. The summed E-state index contributed by atoms with van der Waals surface area (Å²) >= 11 is 5.66. The van der Waals surface area contributed by atoms with Crippen LogP contribution in [0, 0.1) is 5.82 Å². The summed E-state index contributed by atoms with van der Waals surface area (Å²) in [4.78, 5) is 12.1. The number of benzene rings is 2. The van der Waals surface area contributed by atoms with Gasteiger partial charge in [0, 0.05) is 18.8 Å². The molecular weight excluding hydrogens is 399 g/mol. The van der Waals surface area contributed by atoms with Gasteiger partial charge in [-0.1, -0.05) is 11.6 Å². The minimum atomic E-state index is -3.92. The molecule has 1 N–H and O–H groups in total. The smallest absolute Gasteiger partial charge is 0.243 e. The maximum absolute atomic E-state index is 13.2. The first-order chi connectivity index (χ1) is 12.8. The quantitative estimate of drug-likeness (QED) is 0.812. The Morgan fingerprint density at radius 1 is 1.19 bits per heavy atom. The van der Waals surface area contributed by atoms with Crippen LogP contribution >= 0.6 is 11.6 Å². The highest BCUT2D eigenvalue weighted by Crippen LogP contribution is 2.33. The molecule has 0 atom stereocenters. The number of anilines is 1. The van der Waals surface area contributed by atoms with Crippen molar-refractivity contribution >= 4 is 33.2 Å². The second-order valence-electron chi connectivity index (χ2n) is 5.74. The van der Waals surface area contributed by atoms with Crippen LogP contribution in [-0.4, -0.2) is 45.4 Å². The van der Waals surface area contributed by atoms with E-state index in [1.54, 1.807) is 0 Å². The minimum Gasteiger partial charge on any atom is -0.486 e. The Morgan fingerprint density at radius 3 is 2.59 bits per heavy atom. The molecule has 0 spiro atoms. The van der Waals surface area contributed by atoms with Crippen molar-refractivity contribution < 1.29 is 27.1 Å². The lowest BCUT2D eigenvalue weighted by Gasteiger charge is -2.21. The zero-order valence-corrected chi connectivity index (χ0v) is 15.8. The predicted octanol–water partition coefficient (Wildman–Crippen LogP) is 2.51. The number of hydrogen-bond donors (Lipinski definition) is 1. The van der Waals surface area contributed by atoms with E-state index >= 15 is 0 Å². The second kappa shape index (κ2) is 7.71. The summed E-state index contributed by atoms with van der Waals surface area (Å²) in [7, 11) is -2.64. The Labute approximate surface area is 160 Å². The summed E-state index contributed by atoms with van der Waals surface area (Å²) in [5.41, 5.74) is 0.261. The van der Waals surface area contributed by atoms with Crippen LogP contribution in [0.1, 0.15) is 0 Å². The molecule has 2 aromatic carbocycles. The summed E-state index contributed by atoms with van der Waals surface area (Å²) in [5, 5.41) is 2.33.